The second kappa shape index (κ2) is 12.0. The number of carbonyl (C=O) groups excluding carboxylic acids is 2. The summed E-state index contributed by atoms with van der Waals surface area (Å²) in [6.07, 6.45) is -6.99. The predicted octanol–water partition coefficient (Wildman–Crippen LogP) is 5.02. The van der Waals surface area contributed by atoms with Gasteiger partial charge in [0, 0.05) is 54.6 Å². The van der Waals surface area contributed by atoms with Gasteiger partial charge in [-0.05, 0) is 48.4 Å². The van der Waals surface area contributed by atoms with Crippen LogP contribution in [0.3, 0.4) is 0 Å². The fraction of sp³-hybridized carbons (Fsp3) is 0.321. The van der Waals surface area contributed by atoms with Gasteiger partial charge in [-0.1, -0.05) is 17.7 Å². The molecule has 0 fully saturated rings. The molecule has 1 unspecified atom stereocenters. The lowest BCUT2D eigenvalue weighted by molar-refractivity contribution is -0.223. The highest BCUT2D eigenvalue weighted by molar-refractivity contribution is 6.31. The van der Waals surface area contributed by atoms with Crippen molar-refractivity contribution in [1.29, 1.82) is 0 Å². The van der Waals surface area contributed by atoms with Gasteiger partial charge in [-0.2, -0.15) is 13.2 Å². The van der Waals surface area contributed by atoms with E-state index in [0.717, 1.165) is 16.7 Å². The normalized spacial score (nSPS) is 16.5. The maximum absolute atomic E-state index is 15.3. The Morgan fingerprint density at radius 3 is 2.49 bits per heavy atom. The van der Waals surface area contributed by atoms with Crippen LogP contribution in [0.25, 0.3) is 11.1 Å². The standard InChI is InChI=1S/C28H26ClF4N3O5/c1-14(40-2)9-21(27(39)35-18-6-3-15(4-7-18)26(34)38)36-12-17-13-41-22(28(31,32)33)10-16-5-8-20(29)25(30)24(16)19(17)11-23(36)37/h3-8,11-12,14,21-22H,9-10,13H2,1-2H3,(H2,34,38)(H,35,39)/t14-,21-,22?/m0/s1. The summed E-state index contributed by atoms with van der Waals surface area (Å²) in [6.45, 7) is 1.05. The Hall–Kier alpha value is -3.74. The van der Waals surface area contributed by atoms with Gasteiger partial charge in [0.15, 0.2) is 6.10 Å². The second-order valence-corrected chi connectivity index (χ2v) is 10.0. The number of methoxy groups -OCH3 is 1. The van der Waals surface area contributed by atoms with Crippen LogP contribution in [0.5, 0.6) is 0 Å². The maximum Gasteiger partial charge on any atom is 0.414 e. The number of fused-ring (bicyclic) bond motifs is 3. The number of rotatable bonds is 7. The van der Waals surface area contributed by atoms with E-state index in [0.29, 0.717) is 5.69 Å². The number of nitrogens with zero attached hydrogens (tertiary/aromatic N) is 1. The molecule has 3 aromatic rings. The predicted molar refractivity (Wildman–Crippen MR) is 143 cm³/mol. The maximum atomic E-state index is 15.3. The number of ether oxygens (including phenoxy) is 2. The third-order valence-corrected chi connectivity index (χ3v) is 7.15. The van der Waals surface area contributed by atoms with Gasteiger partial charge in [-0.25, -0.2) is 4.39 Å². The van der Waals surface area contributed by atoms with Crippen molar-refractivity contribution in [1.82, 2.24) is 4.57 Å². The molecule has 1 aliphatic rings. The molecule has 8 nitrogen and oxygen atoms in total. The fourth-order valence-corrected chi connectivity index (χ4v) is 4.75. The van der Waals surface area contributed by atoms with E-state index in [4.69, 9.17) is 26.8 Å². The molecule has 3 N–H and O–H groups in total. The number of pyridine rings is 1. The number of halogens is 5. The van der Waals surface area contributed by atoms with Crippen LogP contribution in [0.2, 0.25) is 5.02 Å². The minimum absolute atomic E-state index is 0.00318. The molecule has 3 atom stereocenters. The van der Waals surface area contributed by atoms with Crippen molar-refractivity contribution in [2.45, 2.75) is 50.8 Å². The molecule has 218 valence electrons. The zero-order chi connectivity index (χ0) is 30.1. The summed E-state index contributed by atoms with van der Waals surface area (Å²) in [7, 11) is 1.42. The van der Waals surface area contributed by atoms with Crippen LogP contribution in [0.4, 0.5) is 23.2 Å². The van der Waals surface area contributed by atoms with E-state index < -0.39 is 60.6 Å². The molecule has 13 heteroatoms. The summed E-state index contributed by atoms with van der Waals surface area (Å²) in [5, 5.41) is 2.34. The van der Waals surface area contributed by atoms with Crippen molar-refractivity contribution in [2.24, 2.45) is 5.73 Å². The lowest BCUT2D eigenvalue weighted by Crippen LogP contribution is -2.37. The summed E-state index contributed by atoms with van der Waals surface area (Å²) in [5.41, 5.74) is 4.86. The van der Waals surface area contributed by atoms with Crippen molar-refractivity contribution in [3.05, 3.63) is 86.5 Å². The Morgan fingerprint density at radius 2 is 1.88 bits per heavy atom. The lowest BCUT2D eigenvalue weighted by Gasteiger charge is -2.28. The Labute approximate surface area is 237 Å². The molecular weight excluding hydrogens is 570 g/mol. The number of amides is 2. The molecule has 41 heavy (non-hydrogen) atoms. The van der Waals surface area contributed by atoms with E-state index in [1.54, 1.807) is 6.92 Å². The molecule has 2 heterocycles. The zero-order valence-electron chi connectivity index (χ0n) is 21.9. The Morgan fingerprint density at radius 1 is 1.20 bits per heavy atom. The smallest absolute Gasteiger partial charge is 0.382 e. The second-order valence-electron chi connectivity index (χ2n) is 9.63. The average molecular weight is 596 g/mol. The molecule has 2 amide bonds. The third kappa shape index (κ3) is 6.61. The molecule has 0 bridgehead atoms. The molecule has 2 aromatic carbocycles. The number of carbonyl (C=O) groups is 2. The van der Waals surface area contributed by atoms with Gasteiger partial charge >= 0.3 is 6.18 Å². The first-order valence-electron chi connectivity index (χ1n) is 12.4. The molecule has 1 aliphatic heterocycles. The van der Waals surface area contributed by atoms with E-state index in [-0.39, 0.29) is 39.3 Å². The molecule has 0 radical (unpaired) electrons. The first kappa shape index (κ1) is 30.2. The Balaban J connectivity index is 1.81. The van der Waals surface area contributed by atoms with Gasteiger partial charge in [0.25, 0.3) is 5.56 Å². The summed E-state index contributed by atoms with van der Waals surface area (Å²) in [6, 6.07) is 8.01. The fourth-order valence-electron chi connectivity index (χ4n) is 4.60. The van der Waals surface area contributed by atoms with Crippen LogP contribution in [0, 0.1) is 5.82 Å². The zero-order valence-corrected chi connectivity index (χ0v) is 22.7. The topological polar surface area (TPSA) is 113 Å². The number of benzene rings is 2. The minimum atomic E-state index is -4.75. The monoisotopic (exact) mass is 595 g/mol. The number of nitrogens with one attached hydrogen (secondary N) is 1. The van der Waals surface area contributed by atoms with Crippen molar-refractivity contribution < 1.29 is 36.6 Å². The van der Waals surface area contributed by atoms with Crippen LogP contribution in [-0.4, -0.2) is 41.9 Å². The summed E-state index contributed by atoms with van der Waals surface area (Å²) < 4.78 is 68.1. The van der Waals surface area contributed by atoms with Gasteiger partial charge < -0.3 is 25.1 Å². The lowest BCUT2D eigenvalue weighted by atomic mass is 9.91. The van der Waals surface area contributed by atoms with Crippen molar-refractivity contribution >= 4 is 29.1 Å². The van der Waals surface area contributed by atoms with Crippen LogP contribution in [0.15, 0.2) is 53.5 Å². The van der Waals surface area contributed by atoms with Crippen molar-refractivity contribution in [3.63, 3.8) is 0 Å². The van der Waals surface area contributed by atoms with E-state index >= 15 is 4.39 Å². The van der Waals surface area contributed by atoms with Gasteiger partial charge in [0.1, 0.15) is 11.9 Å². The van der Waals surface area contributed by atoms with E-state index in [9.17, 15) is 27.6 Å². The molecule has 0 aliphatic carbocycles. The Kier molecular flexibility index (Phi) is 8.86. The van der Waals surface area contributed by atoms with Crippen molar-refractivity contribution in [2.75, 3.05) is 12.4 Å². The van der Waals surface area contributed by atoms with Gasteiger partial charge in [-0.3, -0.25) is 14.4 Å². The molecule has 0 saturated carbocycles. The van der Waals surface area contributed by atoms with Crippen LogP contribution < -0.4 is 16.6 Å². The van der Waals surface area contributed by atoms with Crippen molar-refractivity contribution in [3.8, 4) is 11.1 Å². The third-order valence-electron chi connectivity index (χ3n) is 6.86. The summed E-state index contributed by atoms with van der Waals surface area (Å²) >= 11 is 5.97. The quantitative estimate of drug-likeness (QED) is 0.373. The highest BCUT2D eigenvalue weighted by atomic mass is 35.5. The van der Waals surface area contributed by atoms with Gasteiger partial charge in [0.05, 0.1) is 17.7 Å². The summed E-state index contributed by atoms with van der Waals surface area (Å²) in [5.74, 6) is -2.26. The van der Waals surface area contributed by atoms with Crippen LogP contribution in [0.1, 0.15) is 40.9 Å². The average Bonchev–Trinajstić information content (AvgIpc) is 2.90. The number of hydrogen-bond acceptors (Lipinski definition) is 5. The molecule has 1 aromatic heterocycles. The number of nitrogens with two attached hydrogens (primary N) is 1. The van der Waals surface area contributed by atoms with Gasteiger partial charge in [-0.15, -0.1) is 0 Å². The molecule has 4 rings (SSSR count). The number of alkyl halides is 3. The van der Waals surface area contributed by atoms with Crippen LogP contribution in [-0.2, 0) is 27.3 Å². The largest absolute Gasteiger partial charge is 0.414 e. The SMILES string of the molecule is CO[C@@H](C)C[C@@H](C(=O)Nc1ccc(C(N)=O)cc1)n1cc2c(cc1=O)-c1c(ccc(Cl)c1F)CC(C(F)(F)F)OC2. The van der Waals surface area contributed by atoms with E-state index in [2.05, 4.69) is 5.32 Å². The first-order valence-corrected chi connectivity index (χ1v) is 12.8. The minimum Gasteiger partial charge on any atom is -0.382 e. The van der Waals surface area contributed by atoms with Crippen LogP contribution >= 0.6 is 11.6 Å². The molecule has 0 spiro atoms. The Bertz CT molecular complexity index is 1520. The highest BCUT2D eigenvalue weighted by Gasteiger charge is 2.42. The number of hydrogen-bond donors (Lipinski definition) is 2. The van der Waals surface area contributed by atoms with Gasteiger partial charge in [0.2, 0.25) is 11.8 Å². The van der Waals surface area contributed by atoms with E-state index in [1.165, 1.54) is 43.6 Å². The molecule has 0 saturated heterocycles. The molecular formula is C28H26ClF4N3O5. The number of primary amides is 1. The van der Waals surface area contributed by atoms with E-state index in [1.807, 2.05) is 0 Å². The summed E-state index contributed by atoms with van der Waals surface area (Å²) in [4.78, 5) is 38.2. The highest BCUT2D eigenvalue weighted by Crippen LogP contribution is 2.39. The number of aromatic nitrogens is 1. The number of anilines is 1. The first-order chi connectivity index (χ1) is 19.3.